The first kappa shape index (κ1) is 14.1. The van der Waals surface area contributed by atoms with E-state index in [1.54, 1.807) is 0 Å². The van der Waals surface area contributed by atoms with E-state index in [0.717, 1.165) is 22.4 Å². The molecule has 0 radical (unpaired) electrons. The van der Waals surface area contributed by atoms with Gasteiger partial charge in [-0.15, -0.1) is 0 Å². The van der Waals surface area contributed by atoms with Crippen molar-refractivity contribution in [1.29, 1.82) is 0 Å². The zero-order valence-corrected chi connectivity index (χ0v) is 12.0. The molecule has 0 atom stereocenters. The Morgan fingerprint density at radius 3 is 2.27 bits per heavy atom. The molecule has 0 fully saturated rings. The highest BCUT2D eigenvalue weighted by Gasteiger charge is 2.02. The van der Waals surface area contributed by atoms with Crippen LogP contribution < -0.4 is 4.74 Å². The van der Waals surface area contributed by atoms with Crippen LogP contribution in [0, 0.1) is 0 Å². The van der Waals surface area contributed by atoms with Crippen molar-refractivity contribution in [2.75, 3.05) is 0 Å². The summed E-state index contributed by atoms with van der Waals surface area (Å²) in [6.45, 7) is 0. The van der Waals surface area contributed by atoms with Gasteiger partial charge in [0, 0.05) is 6.42 Å². The van der Waals surface area contributed by atoms with E-state index in [9.17, 15) is 4.79 Å². The predicted octanol–water partition coefficient (Wildman–Crippen LogP) is 4.65. The summed E-state index contributed by atoms with van der Waals surface area (Å²) in [5.74, 6) is 0.753. The molecule has 3 nitrogen and oxygen atoms in total. The number of fused-ring (bicyclic) bond motifs is 1. The molecule has 0 spiro atoms. The molecular weight excluding hydrogens is 276 g/mol. The molecule has 0 amide bonds. The third-order valence-electron chi connectivity index (χ3n) is 3.51. The van der Waals surface area contributed by atoms with E-state index in [0.29, 0.717) is 6.42 Å². The number of carbonyl (C=O) groups is 1. The number of benzene rings is 3. The molecular formula is C19H16O3. The average molecular weight is 292 g/mol. The Balaban J connectivity index is 1.72. The molecule has 0 aliphatic rings. The highest BCUT2D eigenvalue weighted by atomic mass is 16.5. The van der Waals surface area contributed by atoms with Crippen LogP contribution in [0.15, 0.2) is 66.7 Å². The molecule has 0 aliphatic carbocycles. The molecule has 3 heteroatoms. The topological polar surface area (TPSA) is 46.5 Å². The first-order chi connectivity index (χ1) is 10.7. The second-order valence-corrected chi connectivity index (χ2v) is 5.15. The molecule has 110 valence electrons. The number of aryl methyl sites for hydroxylation is 1. The molecule has 3 rings (SSSR count). The van der Waals surface area contributed by atoms with Gasteiger partial charge in [-0.1, -0.05) is 42.5 Å². The summed E-state index contributed by atoms with van der Waals surface area (Å²) in [5.41, 5.74) is 0.994. The van der Waals surface area contributed by atoms with Gasteiger partial charge in [-0.2, -0.15) is 0 Å². The summed E-state index contributed by atoms with van der Waals surface area (Å²) in [4.78, 5) is 10.6. The van der Waals surface area contributed by atoms with E-state index in [2.05, 4.69) is 12.1 Å². The molecule has 22 heavy (non-hydrogen) atoms. The minimum absolute atomic E-state index is 0.144. The quantitative estimate of drug-likeness (QED) is 0.744. The molecule has 0 saturated carbocycles. The Hall–Kier alpha value is -2.81. The molecule has 0 aromatic heterocycles. The lowest BCUT2D eigenvalue weighted by atomic mass is 10.1. The number of rotatable bonds is 5. The predicted molar refractivity (Wildman–Crippen MR) is 86.4 cm³/mol. The van der Waals surface area contributed by atoms with Crippen molar-refractivity contribution < 1.29 is 14.6 Å². The van der Waals surface area contributed by atoms with Gasteiger partial charge in [0.15, 0.2) is 0 Å². The van der Waals surface area contributed by atoms with Crippen molar-refractivity contribution in [3.8, 4) is 11.5 Å². The lowest BCUT2D eigenvalue weighted by molar-refractivity contribution is -0.136. The number of carboxylic acid groups (broad SMARTS) is 1. The Kier molecular flexibility index (Phi) is 4.05. The van der Waals surface area contributed by atoms with Crippen LogP contribution in [-0.4, -0.2) is 11.1 Å². The van der Waals surface area contributed by atoms with E-state index in [-0.39, 0.29) is 6.42 Å². The van der Waals surface area contributed by atoms with Crippen LogP contribution >= 0.6 is 0 Å². The fourth-order valence-corrected chi connectivity index (χ4v) is 2.34. The molecule has 3 aromatic carbocycles. The van der Waals surface area contributed by atoms with Gasteiger partial charge in [0.25, 0.3) is 0 Å². The first-order valence-electron chi connectivity index (χ1n) is 7.18. The first-order valence-corrected chi connectivity index (χ1v) is 7.18. The van der Waals surface area contributed by atoms with Crippen LogP contribution in [0.1, 0.15) is 12.0 Å². The van der Waals surface area contributed by atoms with Gasteiger partial charge in [-0.05, 0) is 47.0 Å². The van der Waals surface area contributed by atoms with E-state index in [1.807, 2.05) is 54.6 Å². The van der Waals surface area contributed by atoms with Crippen LogP contribution in [0.25, 0.3) is 10.8 Å². The van der Waals surface area contributed by atoms with Crippen LogP contribution in [0.2, 0.25) is 0 Å². The van der Waals surface area contributed by atoms with Crippen molar-refractivity contribution in [2.45, 2.75) is 12.8 Å². The highest BCUT2D eigenvalue weighted by molar-refractivity contribution is 5.83. The van der Waals surface area contributed by atoms with Gasteiger partial charge in [-0.3, -0.25) is 4.79 Å². The van der Waals surface area contributed by atoms with Crippen molar-refractivity contribution in [3.63, 3.8) is 0 Å². The second-order valence-electron chi connectivity index (χ2n) is 5.15. The number of ether oxygens (including phenoxy) is 1. The van der Waals surface area contributed by atoms with Gasteiger partial charge in [0.05, 0.1) is 0 Å². The fourth-order valence-electron chi connectivity index (χ4n) is 2.34. The largest absolute Gasteiger partial charge is 0.481 e. The normalized spacial score (nSPS) is 10.5. The smallest absolute Gasteiger partial charge is 0.303 e. The van der Waals surface area contributed by atoms with Gasteiger partial charge >= 0.3 is 5.97 Å². The maximum Gasteiger partial charge on any atom is 0.303 e. The SMILES string of the molecule is O=C(O)CCc1ccc(Oc2ccc3ccccc3c2)cc1. The average Bonchev–Trinajstić information content (AvgIpc) is 2.54. The Bertz CT molecular complexity index is 791. The Morgan fingerprint density at radius 2 is 1.55 bits per heavy atom. The lowest BCUT2D eigenvalue weighted by Gasteiger charge is -2.08. The van der Waals surface area contributed by atoms with E-state index < -0.39 is 5.97 Å². The summed E-state index contributed by atoms with van der Waals surface area (Å²) in [5, 5.41) is 11.0. The molecule has 3 aromatic rings. The third-order valence-corrected chi connectivity index (χ3v) is 3.51. The Morgan fingerprint density at radius 1 is 0.864 bits per heavy atom. The Labute approximate surface area is 128 Å². The van der Waals surface area contributed by atoms with Crippen LogP contribution in [0.4, 0.5) is 0 Å². The molecule has 0 heterocycles. The van der Waals surface area contributed by atoms with Gasteiger partial charge < -0.3 is 9.84 Å². The van der Waals surface area contributed by atoms with Crippen molar-refractivity contribution in [1.82, 2.24) is 0 Å². The van der Waals surface area contributed by atoms with Gasteiger partial charge in [0.2, 0.25) is 0 Å². The van der Waals surface area contributed by atoms with E-state index in [4.69, 9.17) is 9.84 Å². The molecule has 0 saturated heterocycles. The maximum absolute atomic E-state index is 10.6. The summed E-state index contributed by atoms with van der Waals surface area (Å²) in [7, 11) is 0. The van der Waals surface area contributed by atoms with Crippen LogP contribution in [-0.2, 0) is 11.2 Å². The van der Waals surface area contributed by atoms with E-state index in [1.165, 1.54) is 5.39 Å². The number of aliphatic carboxylic acids is 1. The molecule has 1 N–H and O–H groups in total. The summed E-state index contributed by atoms with van der Waals surface area (Å²) >= 11 is 0. The van der Waals surface area contributed by atoms with Crippen LogP contribution in [0.5, 0.6) is 11.5 Å². The minimum Gasteiger partial charge on any atom is -0.481 e. The lowest BCUT2D eigenvalue weighted by Crippen LogP contribution is -1.97. The van der Waals surface area contributed by atoms with Gasteiger partial charge in [-0.25, -0.2) is 0 Å². The molecule has 0 bridgehead atoms. The fraction of sp³-hybridized carbons (Fsp3) is 0.105. The third kappa shape index (κ3) is 3.44. The monoisotopic (exact) mass is 292 g/mol. The van der Waals surface area contributed by atoms with Crippen molar-refractivity contribution in [2.24, 2.45) is 0 Å². The maximum atomic E-state index is 10.6. The van der Waals surface area contributed by atoms with Crippen LogP contribution in [0.3, 0.4) is 0 Å². The number of hydrogen-bond acceptors (Lipinski definition) is 2. The van der Waals surface area contributed by atoms with E-state index >= 15 is 0 Å². The van der Waals surface area contributed by atoms with Crippen molar-refractivity contribution >= 4 is 16.7 Å². The highest BCUT2D eigenvalue weighted by Crippen LogP contribution is 2.26. The molecule has 0 aliphatic heterocycles. The zero-order valence-electron chi connectivity index (χ0n) is 12.0. The standard InChI is InChI=1S/C19H16O3/c20-19(21)12-7-14-5-9-17(10-6-14)22-18-11-8-15-3-1-2-4-16(15)13-18/h1-6,8-11,13H,7,12H2,(H,20,21). The van der Waals surface area contributed by atoms with Crippen molar-refractivity contribution in [3.05, 3.63) is 72.3 Å². The number of carboxylic acids is 1. The number of hydrogen-bond donors (Lipinski definition) is 1. The summed E-state index contributed by atoms with van der Waals surface area (Å²) in [6.07, 6.45) is 0.677. The summed E-state index contributed by atoms with van der Waals surface area (Å²) in [6, 6.07) is 21.7. The second kappa shape index (κ2) is 6.31. The minimum atomic E-state index is -0.781. The van der Waals surface area contributed by atoms with Gasteiger partial charge in [0.1, 0.15) is 11.5 Å². The zero-order chi connectivity index (χ0) is 15.4. The summed E-state index contributed by atoms with van der Waals surface area (Å²) < 4.78 is 5.85. The molecule has 0 unspecified atom stereocenters.